The second-order valence-electron chi connectivity index (χ2n) is 5.63. The Labute approximate surface area is 127 Å². The molecule has 0 saturated carbocycles. The monoisotopic (exact) mass is 298 g/mol. The van der Waals surface area contributed by atoms with Crippen molar-refractivity contribution in [3.63, 3.8) is 0 Å². The molecule has 0 nitrogen and oxygen atoms in total. The van der Waals surface area contributed by atoms with E-state index in [-0.39, 0.29) is 0 Å². The van der Waals surface area contributed by atoms with Gasteiger partial charge in [-0.3, -0.25) is 0 Å². The lowest BCUT2D eigenvalue weighted by Crippen LogP contribution is -2.58. The summed E-state index contributed by atoms with van der Waals surface area (Å²) in [5.41, 5.74) is 0. The fourth-order valence-corrected chi connectivity index (χ4v) is 9.81. The van der Waals surface area contributed by atoms with Crippen LogP contribution in [0.3, 0.4) is 0 Å². The first-order valence-electron chi connectivity index (χ1n) is 7.61. The molecule has 104 valence electrons. The highest BCUT2D eigenvalue weighted by Gasteiger charge is 2.36. The fourth-order valence-electron chi connectivity index (χ4n) is 3.44. The minimum absolute atomic E-state index is 1.34. The lowest BCUT2D eigenvalue weighted by Gasteiger charge is -2.34. The van der Waals surface area contributed by atoms with Crippen molar-refractivity contribution < 1.29 is 0 Å². The molecule has 2 heteroatoms. The number of thioether (sulfide) groups is 1. The predicted octanol–water partition coefficient (Wildman–Crippen LogP) is 3.78. The summed E-state index contributed by atoms with van der Waals surface area (Å²) in [6, 6.07) is 25.5. The molecule has 1 aliphatic heterocycles. The Kier molecular flexibility index (Phi) is 4.64. The Morgan fingerprint density at radius 1 is 0.650 bits per heavy atom. The molecule has 1 saturated heterocycles. The molecule has 0 unspecified atom stereocenters. The maximum Gasteiger partial charge on any atom is 0.118 e. The van der Waals surface area contributed by atoms with E-state index in [9.17, 15) is 0 Å². The fraction of sp³-hybridized carbons (Fsp3) is 0.333. The van der Waals surface area contributed by atoms with E-state index in [1.807, 2.05) is 0 Å². The Bertz CT molecular complexity index is 474. The van der Waals surface area contributed by atoms with Gasteiger partial charge in [0, 0.05) is 0 Å². The first-order chi connectivity index (χ1) is 9.92. The number of hydrogen-bond donors (Lipinski definition) is 0. The molecule has 0 atom stereocenters. The highest BCUT2D eigenvalue weighted by molar-refractivity contribution is 7.99. The molecule has 1 aliphatic rings. The number of rotatable bonds is 2. The predicted molar refractivity (Wildman–Crippen MR) is 94.1 cm³/mol. The van der Waals surface area contributed by atoms with Gasteiger partial charge in [-0.15, -0.1) is 0 Å². The summed E-state index contributed by atoms with van der Waals surface area (Å²) in [6.07, 6.45) is 2.75. The minimum atomic E-state index is -1.53. The summed E-state index contributed by atoms with van der Waals surface area (Å²) in [4.78, 5) is 0. The summed E-state index contributed by atoms with van der Waals surface area (Å²) < 4.78 is 0. The molecule has 2 aromatic carbocycles. The van der Waals surface area contributed by atoms with Gasteiger partial charge in [-0.05, 0) is 36.4 Å². The van der Waals surface area contributed by atoms with Crippen LogP contribution in [0.1, 0.15) is 12.8 Å². The Balaban J connectivity index is 2.06. The topological polar surface area (TPSA) is 0 Å². The van der Waals surface area contributed by atoms with Crippen molar-refractivity contribution in [1.82, 2.24) is 0 Å². The molecule has 0 aromatic heterocycles. The van der Waals surface area contributed by atoms with E-state index in [2.05, 4.69) is 72.4 Å². The van der Waals surface area contributed by atoms with Crippen molar-refractivity contribution in [3.8, 4) is 0 Å². The zero-order valence-electron chi connectivity index (χ0n) is 11.9. The van der Waals surface area contributed by atoms with Crippen LogP contribution in [0.25, 0.3) is 0 Å². The van der Waals surface area contributed by atoms with Crippen molar-refractivity contribution in [1.29, 1.82) is 0 Å². The summed E-state index contributed by atoms with van der Waals surface area (Å²) in [6.45, 7) is 0. The third-order valence-corrected chi connectivity index (χ3v) is 10.9. The molecule has 20 heavy (non-hydrogen) atoms. The standard InChI is InChI=1S/C18H22SSi/c1-3-9-17(10-4-1)20(18-11-5-2-6-12-18)15-7-13-19-14-8-16-20/h1-6,9-12H,7-8,13-16H2. The summed E-state index contributed by atoms with van der Waals surface area (Å²) in [5.74, 6) is 2.68. The molecule has 1 heterocycles. The third kappa shape index (κ3) is 2.86. The van der Waals surface area contributed by atoms with Gasteiger partial charge in [0.25, 0.3) is 0 Å². The summed E-state index contributed by atoms with van der Waals surface area (Å²) in [7, 11) is -1.53. The molecule has 0 amide bonds. The van der Waals surface area contributed by atoms with Crippen LogP contribution in [0.2, 0.25) is 12.1 Å². The first-order valence-corrected chi connectivity index (χ1v) is 11.2. The maximum atomic E-state index is 2.38. The Morgan fingerprint density at radius 3 is 1.55 bits per heavy atom. The van der Waals surface area contributed by atoms with Crippen LogP contribution >= 0.6 is 11.8 Å². The second kappa shape index (κ2) is 6.64. The van der Waals surface area contributed by atoms with Gasteiger partial charge in [-0.2, -0.15) is 11.8 Å². The Morgan fingerprint density at radius 2 is 1.10 bits per heavy atom. The molecule has 2 aromatic rings. The van der Waals surface area contributed by atoms with Gasteiger partial charge >= 0.3 is 0 Å². The van der Waals surface area contributed by atoms with E-state index in [1.54, 1.807) is 10.4 Å². The van der Waals surface area contributed by atoms with Crippen molar-refractivity contribution in [2.45, 2.75) is 24.9 Å². The zero-order chi connectivity index (χ0) is 13.7. The highest BCUT2D eigenvalue weighted by atomic mass is 32.2. The lowest BCUT2D eigenvalue weighted by molar-refractivity contribution is 0.987. The van der Waals surface area contributed by atoms with Crippen LogP contribution in [0, 0.1) is 0 Å². The van der Waals surface area contributed by atoms with Crippen LogP contribution in [-0.2, 0) is 0 Å². The van der Waals surface area contributed by atoms with Crippen LogP contribution in [0.4, 0.5) is 0 Å². The van der Waals surface area contributed by atoms with Gasteiger partial charge in [0.05, 0.1) is 0 Å². The van der Waals surface area contributed by atoms with Gasteiger partial charge in [-0.1, -0.05) is 71.0 Å². The van der Waals surface area contributed by atoms with Gasteiger partial charge < -0.3 is 0 Å². The van der Waals surface area contributed by atoms with Gasteiger partial charge in [0.15, 0.2) is 0 Å². The molecule has 0 spiro atoms. The van der Waals surface area contributed by atoms with Gasteiger partial charge in [-0.25, -0.2) is 0 Å². The third-order valence-electron chi connectivity index (χ3n) is 4.44. The van der Waals surface area contributed by atoms with E-state index < -0.39 is 8.07 Å². The van der Waals surface area contributed by atoms with Crippen LogP contribution in [0.5, 0.6) is 0 Å². The van der Waals surface area contributed by atoms with E-state index >= 15 is 0 Å². The smallest absolute Gasteiger partial charge is 0.118 e. The van der Waals surface area contributed by atoms with Crippen LogP contribution < -0.4 is 10.4 Å². The average molecular weight is 299 g/mol. The normalized spacial score (nSPS) is 19.0. The highest BCUT2D eigenvalue weighted by Crippen LogP contribution is 2.26. The molecule has 1 fully saturated rings. The number of hydrogen-bond acceptors (Lipinski definition) is 1. The quantitative estimate of drug-likeness (QED) is 0.760. The van der Waals surface area contributed by atoms with Crippen molar-refractivity contribution in [3.05, 3.63) is 60.7 Å². The average Bonchev–Trinajstić information content (AvgIpc) is 2.49. The zero-order valence-corrected chi connectivity index (χ0v) is 13.7. The SMILES string of the molecule is c1ccc([Si]2(c3ccccc3)CCCSCCC2)cc1. The van der Waals surface area contributed by atoms with Crippen LogP contribution in [0.15, 0.2) is 60.7 Å². The van der Waals surface area contributed by atoms with Gasteiger partial charge in [0.1, 0.15) is 8.07 Å². The van der Waals surface area contributed by atoms with E-state index in [0.717, 1.165) is 0 Å². The minimum Gasteiger partial charge on any atom is -0.162 e. The lowest BCUT2D eigenvalue weighted by atomic mass is 10.4. The number of benzene rings is 2. The molecular weight excluding hydrogens is 276 g/mol. The van der Waals surface area contributed by atoms with Crippen LogP contribution in [-0.4, -0.2) is 19.6 Å². The van der Waals surface area contributed by atoms with E-state index in [4.69, 9.17) is 0 Å². The van der Waals surface area contributed by atoms with Crippen molar-refractivity contribution in [2.24, 2.45) is 0 Å². The maximum absolute atomic E-state index is 2.38. The first kappa shape index (κ1) is 14.0. The molecular formula is C18H22SSi. The molecule has 0 bridgehead atoms. The Hall–Kier alpha value is -0.993. The molecule has 3 rings (SSSR count). The van der Waals surface area contributed by atoms with Gasteiger partial charge in [0.2, 0.25) is 0 Å². The molecule has 0 aliphatic carbocycles. The summed E-state index contributed by atoms with van der Waals surface area (Å²) in [5, 5.41) is 3.27. The van der Waals surface area contributed by atoms with E-state index in [1.165, 1.54) is 36.4 Å². The van der Waals surface area contributed by atoms with Crippen molar-refractivity contribution in [2.75, 3.05) is 11.5 Å². The molecule has 0 N–H and O–H groups in total. The molecule has 0 radical (unpaired) electrons. The second-order valence-corrected chi connectivity index (χ2v) is 11.2. The largest absolute Gasteiger partial charge is 0.162 e. The summed E-state index contributed by atoms with van der Waals surface area (Å²) >= 11 is 2.14. The van der Waals surface area contributed by atoms with E-state index in [0.29, 0.717) is 0 Å². The van der Waals surface area contributed by atoms with Crippen molar-refractivity contribution >= 4 is 30.2 Å².